The molecule has 0 saturated heterocycles. The van der Waals surface area contributed by atoms with Crippen molar-refractivity contribution in [2.24, 2.45) is 0 Å². The van der Waals surface area contributed by atoms with Crippen molar-refractivity contribution in [3.63, 3.8) is 0 Å². The molecule has 0 unspecified atom stereocenters. The van der Waals surface area contributed by atoms with Gasteiger partial charge in [-0.15, -0.1) is 0 Å². The number of aliphatic carboxylic acids is 1. The van der Waals surface area contributed by atoms with E-state index >= 15 is 0 Å². The first-order valence-electron chi connectivity index (χ1n) is 4.36. The summed E-state index contributed by atoms with van der Waals surface area (Å²) in [7, 11) is 0. The fraction of sp³-hybridized carbons (Fsp3) is 0.182. The molecule has 0 aliphatic rings. The molecule has 1 aromatic carbocycles. The summed E-state index contributed by atoms with van der Waals surface area (Å²) in [6.45, 7) is 5.06. The van der Waals surface area contributed by atoms with E-state index in [1.54, 1.807) is 24.3 Å². The van der Waals surface area contributed by atoms with Crippen molar-refractivity contribution in [2.75, 3.05) is 0 Å². The second-order valence-corrected chi connectivity index (χ2v) is 3.42. The van der Waals surface area contributed by atoms with Crippen molar-refractivity contribution < 1.29 is 14.6 Å². The third-order valence-electron chi connectivity index (χ3n) is 1.85. The fourth-order valence-electron chi connectivity index (χ4n) is 1.02. The molecule has 0 radical (unpaired) electrons. The van der Waals surface area contributed by atoms with Gasteiger partial charge in [-0.05, 0) is 25.1 Å². The van der Waals surface area contributed by atoms with Crippen LogP contribution in [0.15, 0.2) is 24.8 Å². The highest BCUT2D eigenvalue weighted by Gasteiger charge is 2.14. The average molecular weight is 227 g/mol. The second kappa shape index (κ2) is 4.84. The van der Waals surface area contributed by atoms with E-state index in [1.807, 2.05) is 0 Å². The smallest absolute Gasteiger partial charge is 0.344 e. The Hall–Kier alpha value is -1.48. The fourth-order valence-corrected chi connectivity index (χ4v) is 1.18. The quantitative estimate of drug-likeness (QED) is 0.859. The molecule has 1 N–H and O–H groups in total. The second-order valence-electron chi connectivity index (χ2n) is 2.98. The number of carboxylic acid groups (broad SMARTS) is 1. The number of hydrogen-bond acceptors (Lipinski definition) is 2. The van der Waals surface area contributed by atoms with Gasteiger partial charge in [0.25, 0.3) is 0 Å². The summed E-state index contributed by atoms with van der Waals surface area (Å²) >= 11 is 5.78. The van der Waals surface area contributed by atoms with Gasteiger partial charge in [0.2, 0.25) is 0 Å². The molecule has 15 heavy (non-hydrogen) atoms. The van der Waals surface area contributed by atoms with Gasteiger partial charge < -0.3 is 9.84 Å². The summed E-state index contributed by atoms with van der Waals surface area (Å²) in [5.41, 5.74) is 0.715. The van der Waals surface area contributed by atoms with Crippen LogP contribution in [0.3, 0.4) is 0 Å². The molecule has 0 fully saturated rings. The molecule has 1 aromatic rings. The number of rotatable bonds is 4. The molecular weight excluding hydrogens is 216 g/mol. The van der Waals surface area contributed by atoms with Crippen molar-refractivity contribution in [2.45, 2.75) is 13.0 Å². The summed E-state index contributed by atoms with van der Waals surface area (Å²) in [6, 6.07) is 4.98. The monoisotopic (exact) mass is 226 g/mol. The molecule has 0 heterocycles. The van der Waals surface area contributed by atoms with Crippen LogP contribution in [0, 0.1) is 0 Å². The molecule has 0 aromatic heterocycles. The number of benzene rings is 1. The normalized spacial score (nSPS) is 11.9. The van der Waals surface area contributed by atoms with E-state index < -0.39 is 12.1 Å². The minimum absolute atomic E-state index is 0.424. The van der Waals surface area contributed by atoms with Crippen LogP contribution in [0.25, 0.3) is 6.08 Å². The third-order valence-corrected chi connectivity index (χ3v) is 2.08. The van der Waals surface area contributed by atoms with Gasteiger partial charge in [-0.3, -0.25) is 0 Å². The van der Waals surface area contributed by atoms with Crippen LogP contribution in [-0.2, 0) is 4.79 Å². The van der Waals surface area contributed by atoms with E-state index in [1.165, 1.54) is 6.92 Å². The van der Waals surface area contributed by atoms with Gasteiger partial charge in [0, 0.05) is 10.6 Å². The molecule has 4 heteroatoms. The average Bonchev–Trinajstić information content (AvgIpc) is 2.18. The highest BCUT2D eigenvalue weighted by Crippen LogP contribution is 2.25. The Kier molecular flexibility index (Phi) is 3.74. The third kappa shape index (κ3) is 2.99. The SMILES string of the molecule is C=Cc1ccc(Cl)cc1O[C@@H](C)C(=O)O. The molecule has 0 amide bonds. The lowest BCUT2D eigenvalue weighted by atomic mass is 10.2. The largest absolute Gasteiger partial charge is 0.479 e. The molecule has 3 nitrogen and oxygen atoms in total. The van der Waals surface area contributed by atoms with Crippen LogP contribution >= 0.6 is 11.6 Å². The summed E-state index contributed by atoms with van der Waals surface area (Å²) < 4.78 is 5.22. The first kappa shape index (κ1) is 11.6. The highest BCUT2D eigenvalue weighted by molar-refractivity contribution is 6.30. The molecular formula is C11H11ClO3. The predicted molar refractivity (Wildman–Crippen MR) is 59.3 cm³/mol. The first-order chi connectivity index (χ1) is 7.04. The number of carboxylic acids is 1. The van der Waals surface area contributed by atoms with Gasteiger partial charge in [-0.25, -0.2) is 4.79 Å². The number of ether oxygens (including phenoxy) is 1. The minimum atomic E-state index is -1.02. The van der Waals surface area contributed by atoms with Gasteiger partial charge >= 0.3 is 5.97 Å². The van der Waals surface area contributed by atoms with Gasteiger partial charge in [-0.2, -0.15) is 0 Å². The molecule has 0 aliphatic heterocycles. The van der Waals surface area contributed by atoms with Crippen LogP contribution < -0.4 is 4.74 Å². The molecule has 1 atom stereocenters. The van der Waals surface area contributed by atoms with Crippen LogP contribution in [0.5, 0.6) is 5.75 Å². The Morgan fingerprint density at radius 2 is 2.33 bits per heavy atom. The van der Waals surface area contributed by atoms with Gasteiger partial charge in [0.15, 0.2) is 6.10 Å². The van der Waals surface area contributed by atoms with E-state index in [0.717, 1.165) is 0 Å². The molecule has 80 valence electrons. The van der Waals surface area contributed by atoms with Crippen molar-refractivity contribution in [1.29, 1.82) is 0 Å². The first-order valence-corrected chi connectivity index (χ1v) is 4.74. The molecule has 0 spiro atoms. The Labute approximate surface area is 92.9 Å². The molecule has 0 bridgehead atoms. The van der Waals surface area contributed by atoms with E-state index in [0.29, 0.717) is 16.3 Å². The van der Waals surface area contributed by atoms with Gasteiger partial charge in [-0.1, -0.05) is 24.3 Å². The number of carbonyl (C=O) groups is 1. The van der Waals surface area contributed by atoms with Crippen LogP contribution in [-0.4, -0.2) is 17.2 Å². The molecule has 1 rings (SSSR count). The lowest BCUT2D eigenvalue weighted by molar-refractivity contribution is -0.144. The van der Waals surface area contributed by atoms with E-state index in [2.05, 4.69) is 6.58 Å². The molecule has 0 aliphatic carbocycles. The lowest BCUT2D eigenvalue weighted by Gasteiger charge is -2.12. The maximum absolute atomic E-state index is 10.6. The van der Waals surface area contributed by atoms with Gasteiger partial charge in [0.05, 0.1) is 0 Å². The topological polar surface area (TPSA) is 46.5 Å². The minimum Gasteiger partial charge on any atom is -0.479 e. The highest BCUT2D eigenvalue weighted by atomic mass is 35.5. The van der Waals surface area contributed by atoms with Crippen molar-refractivity contribution >= 4 is 23.6 Å². The zero-order valence-electron chi connectivity index (χ0n) is 8.24. The standard InChI is InChI=1S/C11H11ClO3/c1-3-8-4-5-9(12)6-10(8)15-7(2)11(13)14/h3-7H,1H2,2H3,(H,13,14)/t7-/m0/s1. The van der Waals surface area contributed by atoms with Crippen molar-refractivity contribution in [1.82, 2.24) is 0 Å². The van der Waals surface area contributed by atoms with Crippen molar-refractivity contribution in [3.8, 4) is 5.75 Å². The van der Waals surface area contributed by atoms with Crippen LogP contribution in [0.2, 0.25) is 5.02 Å². The summed E-state index contributed by atoms with van der Waals surface area (Å²) in [6.07, 6.45) is 0.669. The summed E-state index contributed by atoms with van der Waals surface area (Å²) in [5.74, 6) is -0.600. The van der Waals surface area contributed by atoms with E-state index in [-0.39, 0.29) is 0 Å². The maximum atomic E-state index is 10.6. The zero-order valence-corrected chi connectivity index (χ0v) is 8.99. The summed E-state index contributed by atoms with van der Waals surface area (Å²) in [5, 5.41) is 9.19. The number of hydrogen-bond donors (Lipinski definition) is 1. The Morgan fingerprint density at radius 1 is 1.67 bits per heavy atom. The lowest BCUT2D eigenvalue weighted by Crippen LogP contribution is -2.23. The van der Waals surface area contributed by atoms with E-state index in [9.17, 15) is 4.79 Å². The van der Waals surface area contributed by atoms with Crippen LogP contribution in [0.1, 0.15) is 12.5 Å². The Morgan fingerprint density at radius 3 is 2.87 bits per heavy atom. The zero-order chi connectivity index (χ0) is 11.4. The molecule has 0 saturated carbocycles. The predicted octanol–water partition coefficient (Wildman–Crippen LogP) is 2.83. The summed E-state index contributed by atoms with van der Waals surface area (Å²) in [4.78, 5) is 10.6. The maximum Gasteiger partial charge on any atom is 0.344 e. The van der Waals surface area contributed by atoms with E-state index in [4.69, 9.17) is 21.4 Å². The Balaban J connectivity index is 2.96. The van der Waals surface area contributed by atoms with Gasteiger partial charge in [0.1, 0.15) is 5.75 Å². The van der Waals surface area contributed by atoms with Crippen LogP contribution in [0.4, 0.5) is 0 Å². The number of halogens is 1. The van der Waals surface area contributed by atoms with Crippen molar-refractivity contribution in [3.05, 3.63) is 35.4 Å². The Bertz CT molecular complexity index is 387.